The predicted octanol–water partition coefficient (Wildman–Crippen LogP) is 2.46. The number of aromatic nitrogens is 2. The number of hydrogen-bond acceptors (Lipinski definition) is 4. The van der Waals surface area contributed by atoms with Crippen LogP contribution in [0.1, 0.15) is 24.2 Å². The molecule has 2 heterocycles. The largest absolute Gasteiger partial charge is 0.491 e. The fourth-order valence-corrected chi connectivity index (χ4v) is 2.56. The van der Waals surface area contributed by atoms with Crippen LogP contribution in [0.3, 0.4) is 0 Å². The van der Waals surface area contributed by atoms with Gasteiger partial charge < -0.3 is 14.8 Å². The van der Waals surface area contributed by atoms with Crippen molar-refractivity contribution in [1.82, 2.24) is 10.2 Å². The second kappa shape index (κ2) is 7.28. The lowest BCUT2D eigenvalue weighted by Gasteiger charge is -2.12. The summed E-state index contributed by atoms with van der Waals surface area (Å²) in [6, 6.07) is 9.26. The second-order valence-corrected chi connectivity index (χ2v) is 5.74. The number of carbonyl (C=O) groups is 1. The molecule has 1 fully saturated rings. The summed E-state index contributed by atoms with van der Waals surface area (Å²) in [5, 5.41) is 9.76. The smallest absolute Gasteiger partial charge is 0.230 e. The minimum Gasteiger partial charge on any atom is -0.491 e. The van der Waals surface area contributed by atoms with Crippen LogP contribution in [0.2, 0.25) is 0 Å². The Morgan fingerprint density at radius 3 is 3.13 bits per heavy atom. The first-order valence-corrected chi connectivity index (χ1v) is 7.84. The van der Waals surface area contributed by atoms with Crippen LogP contribution < -0.4 is 10.1 Å². The molecule has 1 aliphatic rings. The molecule has 23 heavy (non-hydrogen) atoms. The quantitative estimate of drug-likeness (QED) is 0.858. The van der Waals surface area contributed by atoms with Gasteiger partial charge in [0.25, 0.3) is 0 Å². The van der Waals surface area contributed by atoms with Gasteiger partial charge in [0.15, 0.2) is 0 Å². The number of anilines is 1. The Labute approximate surface area is 135 Å². The summed E-state index contributed by atoms with van der Waals surface area (Å²) in [4.78, 5) is 12.0. The highest BCUT2D eigenvalue weighted by Crippen LogP contribution is 2.20. The Kier molecular flexibility index (Phi) is 4.92. The maximum absolute atomic E-state index is 12.0. The van der Waals surface area contributed by atoms with Crippen molar-refractivity contribution < 1.29 is 14.3 Å². The van der Waals surface area contributed by atoms with Gasteiger partial charge in [0.1, 0.15) is 12.4 Å². The van der Waals surface area contributed by atoms with E-state index in [1.165, 1.54) is 0 Å². The van der Waals surface area contributed by atoms with Gasteiger partial charge in [0, 0.05) is 24.1 Å². The standard InChI is InChI=1S/C17H21N3O3/c1-12-8-14(20-19-12)10-17(21)18-13-4-2-5-15(9-13)23-11-16-6-3-7-22-16/h2,4-5,8-9,16H,3,6-7,10-11H2,1H3,(H,18,21)(H,19,20). The van der Waals surface area contributed by atoms with Crippen LogP contribution in [-0.4, -0.2) is 35.4 Å². The van der Waals surface area contributed by atoms with E-state index in [1.54, 1.807) is 0 Å². The SMILES string of the molecule is Cc1cc(CC(=O)Nc2cccc(OCC3CCCO3)c2)n[nH]1. The number of H-pyrrole nitrogens is 1. The second-order valence-electron chi connectivity index (χ2n) is 5.74. The van der Waals surface area contributed by atoms with Crippen LogP contribution in [0.5, 0.6) is 5.75 Å². The zero-order valence-corrected chi connectivity index (χ0v) is 13.2. The van der Waals surface area contributed by atoms with Gasteiger partial charge in [0.2, 0.25) is 5.91 Å². The van der Waals surface area contributed by atoms with E-state index in [9.17, 15) is 4.79 Å². The molecule has 1 aromatic carbocycles. The van der Waals surface area contributed by atoms with Crippen molar-refractivity contribution in [2.24, 2.45) is 0 Å². The van der Waals surface area contributed by atoms with E-state index < -0.39 is 0 Å². The van der Waals surface area contributed by atoms with E-state index in [2.05, 4.69) is 15.5 Å². The first kappa shape index (κ1) is 15.6. The van der Waals surface area contributed by atoms with Crippen LogP contribution in [0.15, 0.2) is 30.3 Å². The van der Waals surface area contributed by atoms with Crippen molar-refractivity contribution in [2.75, 3.05) is 18.5 Å². The highest BCUT2D eigenvalue weighted by molar-refractivity contribution is 5.92. The maximum Gasteiger partial charge on any atom is 0.230 e. The van der Waals surface area contributed by atoms with E-state index in [4.69, 9.17) is 9.47 Å². The lowest BCUT2D eigenvalue weighted by molar-refractivity contribution is -0.115. The summed E-state index contributed by atoms with van der Waals surface area (Å²) >= 11 is 0. The van der Waals surface area contributed by atoms with Gasteiger partial charge in [-0.25, -0.2) is 0 Å². The van der Waals surface area contributed by atoms with Crippen molar-refractivity contribution in [3.8, 4) is 5.75 Å². The molecule has 1 aromatic heterocycles. The summed E-state index contributed by atoms with van der Waals surface area (Å²) in [6.45, 7) is 3.27. The van der Waals surface area contributed by atoms with Crippen molar-refractivity contribution in [1.29, 1.82) is 0 Å². The van der Waals surface area contributed by atoms with Crippen LogP contribution >= 0.6 is 0 Å². The third-order valence-corrected chi connectivity index (χ3v) is 3.68. The molecule has 1 amide bonds. The fourth-order valence-electron chi connectivity index (χ4n) is 2.56. The molecule has 0 spiro atoms. The van der Waals surface area contributed by atoms with E-state index in [1.807, 2.05) is 37.3 Å². The molecule has 0 radical (unpaired) electrons. The van der Waals surface area contributed by atoms with Gasteiger partial charge in [0.05, 0.1) is 18.2 Å². The number of aryl methyl sites for hydroxylation is 1. The fraction of sp³-hybridized carbons (Fsp3) is 0.412. The number of carbonyl (C=O) groups excluding carboxylic acids is 1. The zero-order chi connectivity index (χ0) is 16.1. The van der Waals surface area contributed by atoms with Gasteiger partial charge in [-0.15, -0.1) is 0 Å². The van der Waals surface area contributed by atoms with E-state index in [0.717, 1.165) is 36.6 Å². The van der Waals surface area contributed by atoms with Gasteiger partial charge in [-0.05, 0) is 38.0 Å². The van der Waals surface area contributed by atoms with E-state index >= 15 is 0 Å². The Morgan fingerprint density at radius 1 is 1.48 bits per heavy atom. The minimum atomic E-state index is -0.104. The summed E-state index contributed by atoms with van der Waals surface area (Å²) in [5.41, 5.74) is 2.38. The number of benzene rings is 1. The number of nitrogens with zero attached hydrogens (tertiary/aromatic N) is 1. The zero-order valence-electron chi connectivity index (χ0n) is 13.2. The molecule has 0 bridgehead atoms. The molecule has 6 nitrogen and oxygen atoms in total. The summed E-state index contributed by atoms with van der Waals surface area (Å²) < 4.78 is 11.3. The highest BCUT2D eigenvalue weighted by atomic mass is 16.5. The average molecular weight is 315 g/mol. The molecule has 1 unspecified atom stereocenters. The van der Waals surface area contributed by atoms with Crippen LogP contribution in [-0.2, 0) is 16.0 Å². The van der Waals surface area contributed by atoms with Crippen LogP contribution in [0.25, 0.3) is 0 Å². The monoisotopic (exact) mass is 315 g/mol. The number of amides is 1. The van der Waals surface area contributed by atoms with Crippen molar-refractivity contribution in [2.45, 2.75) is 32.3 Å². The van der Waals surface area contributed by atoms with Crippen LogP contribution in [0.4, 0.5) is 5.69 Å². The van der Waals surface area contributed by atoms with E-state index in [0.29, 0.717) is 12.3 Å². The number of rotatable bonds is 6. The average Bonchev–Trinajstić information content (AvgIpc) is 3.17. The molecule has 0 saturated carbocycles. The molecule has 6 heteroatoms. The van der Waals surface area contributed by atoms with Gasteiger partial charge in [-0.2, -0.15) is 5.10 Å². The van der Waals surface area contributed by atoms with Crippen molar-refractivity contribution in [3.63, 3.8) is 0 Å². The number of hydrogen-bond donors (Lipinski definition) is 2. The lowest BCUT2D eigenvalue weighted by Crippen LogP contribution is -2.17. The Balaban J connectivity index is 1.53. The molecule has 2 N–H and O–H groups in total. The van der Waals surface area contributed by atoms with Crippen molar-refractivity contribution in [3.05, 3.63) is 41.7 Å². The molecule has 1 atom stereocenters. The van der Waals surface area contributed by atoms with Gasteiger partial charge >= 0.3 is 0 Å². The molecule has 122 valence electrons. The summed E-state index contributed by atoms with van der Waals surface area (Å²) in [7, 11) is 0. The third-order valence-electron chi connectivity index (χ3n) is 3.68. The van der Waals surface area contributed by atoms with Gasteiger partial charge in [-0.1, -0.05) is 6.07 Å². The lowest BCUT2D eigenvalue weighted by atomic mass is 10.2. The topological polar surface area (TPSA) is 76.2 Å². The molecule has 2 aromatic rings. The number of aromatic amines is 1. The Morgan fingerprint density at radius 2 is 2.39 bits per heavy atom. The normalized spacial score (nSPS) is 17.2. The first-order valence-electron chi connectivity index (χ1n) is 7.84. The Bertz CT molecular complexity index is 663. The molecule has 1 aliphatic heterocycles. The van der Waals surface area contributed by atoms with Crippen molar-refractivity contribution >= 4 is 11.6 Å². The first-order chi connectivity index (χ1) is 11.2. The molecular weight excluding hydrogens is 294 g/mol. The molecule has 0 aliphatic carbocycles. The van der Waals surface area contributed by atoms with Gasteiger partial charge in [-0.3, -0.25) is 9.89 Å². The minimum absolute atomic E-state index is 0.104. The third kappa shape index (κ3) is 4.56. The highest BCUT2D eigenvalue weighted by Gasteiger charge is 2.16. The predicted molar refractivity (Wildman–Crippen MR) is 86.6 cm³/mol. The maximum atomic E-state index is 12.0. The number of nitrogens with one attached hydrogen (secondary N) is 2. The molecule has 3 rings (SSSR count). The molecule has 1 saturated heterocycles. The Hall–Kier alpha value is -2.34. The number of ether oxygens (including phenoxy) is 2. The van der Waals surface area contributed by atoms with E-state index in [-0.39, 0.29) is 18.4 Å². The summed E-state index contributed by atoms with van der Waals surface area (Å²) in [6.07, 6.45) is 2.55. The van der Waals surface area contributed by atoms with Crippen LogP contribution in [0, 0.1) is 6.92 Å². The summed E-state index contributed by atoms with van der Waals surface area (Å²) in [5.74, 6) is 0.627. The molecular formula is C17H21N3O3.